The van der Waals surface area contributed by atoms with Crippen molar-refractivity contribution in [2.24, 2.45) is 5.92 Å². The molecule has 0 radical (unpaired) electrons. The molecule has 1 N–H and O–H groups in total. The Morgan fingerprint density at radius 3 is 2.43 bits per heavy atom. The average molecular weight is 288 g/mol. The van der Waals surface area contributed by atoms with E-state index in [1.165, 1.54) is 30.5 Å². The minimum atomic E-state index is 0.587. The van der Waals surface area contributed by atoms with Gasteiger partial charge in [-0.15, -0.1) is 0 Å². The highest BCUT2D eigenvalue weighted by atomic mass is 15.2. The average Bonchev–Trinajstić information content (AvgIpc) is 2.84. The van der Waals surface area contributed by atoms with E-state index in [9.17, 15) is 0 Å². The van der Waals surface area contributed by atoms with Crippen LogP contribution in [0.2, 0.25) is 0 Å². The summed E-state index contributed by atoms with van der Waals surface area (Å²) in [5.74, 6) is 1.31. The summed E-state index contributed by atoms with van der Waals surface area (Å²) in [5.41, 5.74) is 2.90. The van der Waals surface area contributed by atoms with E-state index in [1.807, 2.05) is 0 Å². The van der Waals surface area contributed by atoms with Crippen LogP contribution in [0.25, 0.3) is 0 Å². The van der Waals surface area contributed by atoms with Crippen molar-refractivity contribution in [1.29, 1.82) is 0 Å². The first-order chi connectivity index (χ1) is 10.1. The summed E-state index contributed by atoms with van der Waals surface area (Å²) in [5, 5.41) is 3.55. The Kier molecular flexibility index (Phi) is 6.25. The predicted octanol–water partition coefficient (Wildman–Crippen LogP) is 4.02. The van der Waals surface area contributed by atoms with E-state index >= 15 is 0 Å². The molecule has 0 aliphatic carbocycles. The maximum absolute atomic E-state index is 3.55. The van der Waals surface area contributed by atoms with Gasteiger partial charge in [0.1, 0.15) is 0 Å². The molecule has 1 aromatic carbocycles. The van der Waals surface area contributed by atoms with Crippen LogP contribution in [0.15, 0.2) is 24.3 Å². The van der Waals surface area contributed by atoms with Crippen LogP contribution in [-0.4, -0.2) is 30.6 Å². The first-order valence-corrected chi connectivity index (χ1v) is 8.60. The minimum Gasteiger partial charge on any atom is -0.316 e. The zero-order valence-electron chi connectivity index (χ0n) is 14.2. The SMILES string of the molecule is CC(C)CNCC(C)c1ccc(CN2CCCC2C)cc1. The molecule has 2 unspecified atom stereocenters. The van der Waals surface area contributed by atoms with Gasteiger partial charge >= 0.3 is 0 Å². The Hall–Kier alpha value is -0.860. The van der Waals surface area contributed by atoms with Crippen molar-refractivity contribution < 1.29 is 0 Å². The molecule has 0 bridgehead atoms. The molecule has 2 nitrogen and oxygen atoms in total. The van der Waals surface area contributed by atoms with Crippen LogP contribution in [-0.2, 0) is 6.54 Å². The number of benzene rings is 1. The second-order valence-electron chi connectivity index (χ2n) is 7.16. The van der Waals surface area contributed by atoms with Crippen molar-refractivity contribution in [3.63, 3.8) is 0 Å². The van der Waals surface area contributed by atoms with Crippen LogP contribution in [0, 0.1) is 5.92 Å². The second kappa shape index (κ2) is 7.95. The van der Waals surface area contributed by atoms with Gasteiger partial charge in [-0.05, 0) is 55.8 Å². The lowest BCUT2D eigenvalue weighted by Crippen LogP contribution is -2.26. The van der Waals surface area contributed by atoms with Crippen molar-refractivity contribution in [3.05, 3.63) is 35.4 Å². The molecule has 1 saturated heterocycles. The van der Waals surface area contributed by atoms with E-state index in [0.29, 0.717) is 5.92 Å². The van der Waals surface area contributed by atoms with E-state index in [1.54, 1.807) is 0 Å². The molecule has 1 fully saturated rings. The van der Waals surface area contributed by atoms with Crippen LogP contribution in [0.3, 0.4) is 0 Å². The number of nitrogens with one attached hydrogen (secondary N) is 1. The molecule has 0 spiro atoms. The van der Waals surface area contributed by atoms with Crippen molar-refractivity contribution in [1.82, 2.24) is 10.2 Å². The molecule has 0 amide bonds. The molecule has 1 aliphatic rings. The lowest BCUT2D eigenvalue weighted by atomic mass is 9.99. The Balaban J connectivity index is 1.83. The summed E-state index contributed by atoms with van der Waals surface area (Å²) < 4.78 is 0. The molecule has 118 valence electrons. The van der Waals surface area contributed by atoms with Gasteiger partial charge in [-0.1, -0.05) is 45.0 Å². The van der Waals surface area contributed by atoms with Crippen molar-refractivity contribution >= 4 is 0 Å². The summed E-state index contributed by atoms with van der Waals surface area (Å²) in [6, 6.07) is 10.0. The van der Waals surface area contributed by atoms with Crippen LogP contribution >= 0.6 is 0 Å². The summed E-state index contributed by atoms with van der Waals surface area (Å²) in [7, 11) is 0. The van der Waals surface area contributed by atoms with E-state index < -0.39 is 0 Å². The van der Waals surface area contributed by atoms with E-state index in [0.717, 1.165) is 31.6 Å². The maximum Gasteiger partial charge on any atom is 0.0236 e. The van der Waals surface area contributed by atoms with Crippen LogP contribution in [0.1, 0.15) is 57.6 Å². The number of rotatable bonds is 7. The summed E-state index contributed by atoms with van der Waals surface area (Å²) in [4.78, 5) is 2.60. The molecule has 1 aliphatic heterocycles. The summed E-state index contributed by atoms with van der Waals surface area (Å²) in [6.07, 6.45) is 2.72. The molecule has 2 heteroatoms. The molecule has 2 rings (SSSR count). The Bertz CT molecular complexity index is 410. The molecule has 2 atom stereocenters. The summed E-state index contributed by atoms with van der Waals surface area (Å²) in [6.45, 7) is 13.7. The first kappa shape index (κ1) is 16.5. The number of hydrogen-bond acceptors (Lipinski definition) is 2. The number of hydrogen-bond donors (Lipinski definition) is 1. The lowest BCUT2D eigenvalue weighted by molar-refractivity contribution is 0.260. The quantitative estimate of drug-likeness (QED) is 0.815. The first-order valence-electron chi connectivity index (χ1n) is 8.60. The van der Waals surface area contributed by atoms with Crippen LogP contribution in [0.5, 0.6) is 0 Å². The largest absolute Gasteiger partial charge is 0.316 e. The zero-order valence-corrected chi connectivity index (χ0v) is 14.2. The third kappa shape index (κ3) is 5.12. The number of likely N-dealkylation sites (tertiary alicyclic amines) is 1. The van der Waals surface area contributed by atoms with E-state index in [4.69, 9.17) is 0 Å². The molecular weight excluding hydrogens is 256 g/mol. The Labute approximate surface area is 130 Å². The van der Waals surface area contributed by atoms with Crippen molar-refractivity contribution in [2.75, 3.05) is 19.6 Å². The molecular formula is C19H32N2. The highest BCUT2D eigenvalue weighted by Crippen LogP contribution is 2.21. The van der Waals surface area contributed by atoms with Crippen LogP contribution in [0.4, 0.5) is 0 Å². The molecule has 0 aromatic heterocycles. The molecule has 21 heavy (non-hydrogen) atoms. The fourth-order valence-corrected chi connectivity index (χ4v) is 3.12. The highest BCUT2D eigenvalue weighted by molar-refractivity contribution is 5.25. The monoisotopic (exact) mass is 288 g/mol. The van der Waals surface area contributed by atoms with Crippen molar-refractivity contribution in [2.45, 2.75) is 59.0 Å². The van der Waals surface area contributed by atoms with Crippen molar-refractivity contribution in [3.8, 4) is 0 Å². The predicted molar refractivity (Wildman–Crippen MR) is 91.7 cm³/mol. The maximum atomic E-state index is 3.55. The second-order valence-corrected chi connectivity index (χ2v) is 7.16. The molecule has 1 heterocycles. The Morgan fingerprint density at radius 1 is 1.14 bits per heavy atom. The smallest absolute Gasteiger partial charge is 0.0236 e. The van der Waals surface area contributed by atoms with Gasteiger partial charge in [0.2, 0.25) is 0 Å². The van der Waals surface area contributed by atoms with Gasteiger partial charge in [-0.2, -0.15) is 0 Å². The van der Waals surface area contributed by atoms with Gasteiger partial charge < -0.3 is 5.32 Å². The highest BCUT2D eigenvalue weighted by Gasteiger charge is 2.19. The van der Waals surface area contributed by atoms with Gasteiger partial charge in [-0.25, -0.2) is 0 Å². The van der Waals surface area contributed by atoms with E-state index in [2.05, 4.69) is 62.2 Å². The number of nitrogens with zero attached hydrogens (tertiary/aromatic N) is 1. The van der Waals surface area contributed by atoms with Gasteiger partial charge in [0, 0.05) is 19.1 Å². The van der Waals surface area contributed by atoms with Gasteiger partial charge in [0.25, 0.3) is 0 Å². The fourth-order valence-electron chi connectivity index (χ4n) is 3.12. The third-order valence-corrected chi connectivity index (χ3v) is 4.63. The van der Waals surface area contributed by atoms with Gasteiger partial charge in [-0.3, -0.25) is 4.90 Å². The minimum absolute atomic E-state index is 0.587. The molecule has 0 saturated carbocycles. The van der Waals surface area contributed by atoms with Gasteiger partial charge in [0.15, 0.2) is 0 Å². The normalized spacial score (nSPS) is 21.1. The zero-order chi connectivity index (χ0) is 15.2. The van der Waals surface area contributed by atoms with E-state index in [-0.39, 0.29) is 0 Å². The molecule has 1 aromatic rings. The summed E-state index contributed by atoms with van der Waals surface area (Å²) >= 11 is 0. The Morgan fingerprint density at radius 2 is 1.86 bits per heavy atom. The topological polar surface area (TPSA) is 15.3 Å². The fraction of sp³-hybridized carbons (Fsp3) is 0.684. The lowest BCUT2D eigenvalue weighted by Gasteiger charge is -2.21. The van der Waals surface area contributed by atoms with Gasteiger partial charge in [0.05, 0.1) is 0 Å². The standard InChI is InChI=1S/C19H32N2/c1-15(2)12-20-13-16(3)19-9-7-18(8-10-19)14-21-11-5-6-17(21)4/h7-10,15-17,20H,5-6,11-14H2,1-4H3. The van der Waals surface area contributed by atoms with Crippen LogP contribution < -0.4 is 5.32 Å². The third-order valence-electron chi connectivity index (χ3n) is 4.63.